The summed E-state index contributed by atoms with van der Waals surface area (Å²) >= 11 is 0. The second-order valence-electron chi connectivity index (χ2n) is 8.95. The zero-order valence-electron chi connectivity index (χ0n) is 22.2. The van der Waals surface area contributed by atoms with Gasteiger partial charge in [-0.1, -0.05) is 49.7 Å². The molecule has 0 bridgehead atoms. The first kappa shape index (κ1) is 32.2. The highest BCUT2D eigenvalue weighted by Crippen LogP contribution is 2.31. The van der Waals surface area contributed by atoms with Crippen molar-refractivity contribution in [1.29, 1.82) is 0 Å². The Labute approximate surface area is 231 Å². The number of halogens is 3. The Kier molecular flexibility index (Phi) is 11.1. The lowest BCUT2D eigenvalue weighted by Gasteiger charge is -2.28. The molecular formula is C28H31F3N2O6S. The predicted octanol–water partition coefficient (Wildman–Crippen LogP) is 6.24. The Balaban J connectivity index is 0.000000708. The molecule has 0 aliphatic carbocycles. The predicted molar refractivity (Wildman–Crippen MR) is 146 cm³/mol. The van der Waals surface area contributed by atoms with Gasteiger partial charge in [-0.3, -0.25) is 4.72 Å². The van der Waals surface area contributed by atoms with E-state index in [0.29, 0.717) is 18.8 Å². The summed E-state index contributed by atoms with van der Waals surface area (Å²) in [4.78, 5) is 22.7. The first-order chi connectivity index (χ1) is 18.7. The topological polar surface area (TPSA) is 124 Å². The van der Waals surface area contributed by atoms with E-state index in [2.05, 4.69) is 16.5 Å². The number of hydrogen-bond donors (Lipinski definition) is 3. The van der Waals surface area contributed by atoms with Crippen molar-refractivity contribution < 1.29 is 41.4 Å². The van der Waals surface area contributed by atoms with Gasteiger partial charge in [0.15, 0.2) is 0 Å². The number of hydrogen-bond acceptors (Lipinski definition) is 5. The maximum Gasteiger partial charge on any atom is 0.490 e. The first-order valence-electron chi connectivity index (χ1n) is 12.2. The van der Waals surface area contributed by atoms with Gasteiger partial charge in [0.2, 0.25) is 0 Å². The molecule has 0 spiro atoms. The molecule has 12 heteroatoms. The van der Waals surface area contributed by atoms with Crippen LogP contribution >= 0.6 is 0 Å². The van der Waals surface area contributed by atoms with Crippen molar-refractivity contribution in [2.24, 2.45) is 0 Å². The van der Waals surface area contributed by atoms with Crippen LogP contribution in [0.2, 0.25) is 0 Å². The monoisotopic (exact) mass is 580 g/mol. The van der Waals surface area contributed by atoms with Gasteiger partial charge in [-0.25, -0.2) is 18.0 Å². The fourth-order valence-electron chi connectivity index (χ4n) is 3.55. The Morgan fingerprint density at radius 1 is 0.925 bits per heavy atom. The molecule has 40 heavy (non-hydrogen) atoms. The first-order valence-corrected chi connectivity index (χ1v) is 13.7. The molecule has 3 N–H and O–H groups in total. The number of carboxylic acid groups (broad SMARTS) is 2. The van der Waals surface area contributed by atoms with Gasteiger partial charge in [-0.2, -0.15) is 13.2 Å². The minimum Gasteiger partial charge on any atom is -0.478 e. The lowest BCUT2D eigenvalue weighted by Crippen LogP contribution is -2.26. The highest BCUT2D eigenvalue weighted by atomic mass is 32.2. The van der Waals surface area contributed by atoms with Crippen molar-refractivity contribution in [3.63, 3.8) is 0 Å². The molecule has 0 aromatic heterocycles. The van der Waals surface area contributed by atoms with E-state index in [1.54, 1.807) is 24.3 Å². The number of aromatic carboxylic acids is 1. The standard InChI is InChI=1S/C26H30N2O4S.C2HF3O2/c1-4-5-15-28(18-21-9-7-6-8-10-21)25-14-12-22(26(29)30)17-24(25)27-33(31,32)23-13-11-19(2)20(3)16-23;3-2(4,5)1(6)7/h6-14,16-17,27H,4-5,15,18H2,1-3H3,(H,29,30);(H,6,7). The summed E-state index contributed by atoms with van der Waals surface area (Å²) in [6.07, 6.45) is -3.20. The van der Waals surface area contributed by atoms with Gasteiger partial charge < -0.3 is 15.1 Å². The number of sulfonamides is 1. The van der Waals surface area contributed by atoms with E-state index < -0.39 is 28.1 Å². The fraction of sp³-hybridized carbons (Fsp3) is 0.286. The molecular weight excluding hydrogens is 549 g/mol. The van der Waals surface area contributed by atoms with Crippen molar-refractivity contribution in [2.45, 2.75) is 51.2 Å². The summed E-state index contributed by atoms with van der Waals surface area (Å²) in [5.41, 5.74) is 3.86. The third kappa shape index (κ3) is 9.30. The van der Waals surface area contributed by atoms with Gasteiger partial charge in [0.05, 0.1) is 21.8 Å². The van der Waals surface area contributed by atoms with Crippen molar-refractivity contribution >= 4 is 33.3 Å². The van der Waals surface area contributed by atoms with Crippen LogP contribution in [0.1, 0.15) is 46.8 Å². The zero-order valence-corrected chi connectivity index (χ0v) is 23.0. The third-order valence-corrected chi connectivity index (χ3v) is 7.22. The summed E-state index contributed by atoms with van der Waals surface area (Å²) in [6.45, 7) is 7.15. The van der Waals surface area contributed by atoms with Crippen LogP contribution in [-0.2, 0) is 21.4 Å². The van der Waals surface area contributed by atoms with Crippen molar-refractivity contribution in [1.82, 2.24) is 0 Å². The largest absolute Gasteiger partial charge is 0.490 e. The molecule has 0 aliphatic heterocycles. The van der Waals surface area contributed by atoms with Gasteiger partial charge in [0.1, 0.15) is 0 Å². The van der Waals surface area contributed by atoms with Crippen LogP contribution in [-0.4, -0.2) is 43.3 Å². The average Bonchev–Trinajstić information content (AvgIpc) is 2.88. The lowest BCUT2D eigenvalue weighted by molar-refractivity contribution is -0.192. The summed E-state index contributed by atoms with van der Waals surface area (Å²) < 4.78 is 60.8. The van der Waals surface area contributed by atoms with E-state index in [9.17, 15) is 31.5 Å². The van der Waals surface area contributed by atoms with E-state index in [1.807, 2.05) is 44.2 Å². The maximum absolute atomic E-state index is 13.2. The van der Waals surface area contributed by atoms with Crippen LogP contribution in [0.4, 0.5) is 24.5 Å². The third-order valence-electron chi connectivity index (χ3n) is 5.86. The number of carboxylic acids is 2. The smallest absolute Gasteiger partial charge is 0.478 e. The molecule has 0 unspecified atom stereocenters. The number of anilines is 2. The van der Waals surface area contributed by atoms with E-state index in [1.165, 1.54) is 12.1 Å². The number of nitrogens with zero attached hydrogens (tertiary/aromatic N) is 1. The second kappa shape index (κ2) is 13.8. The number of aryl methyl sites for hydroxylation is 2. The molecule has 3 rings (SSSR count). The number of nitrogens with one attached hydrogen (secondary N) is 1. The molecule has 0 saturated carbocycles. The molecule has 0 atom stereocenters. The van der Waals surface area contributed by atoms with E-state index in [4.69, 9.17) is 9.90 Å². The van der Waals surface area contributed by atoms with Crippen LogP contribution in [0.5, 0.6) is 0 Å². The number of carbonyl (C=O) groups is 2. The molecule has 216 valence electrons. The molecule has 0 amide bonds. The molecule has 0 aliphatic rings. The molecule has 0 saturated heterocycles. The maximum atomic E-state index is 13.2. The fourth-order valence-corrected chi connectivity index (χ4v) is 4.70. The van der Waals surface area contributed by atoms with Gasteiger partial charge in [0.25, 0.3) is 10.0 Å². The van der Waals surface area contributed by atoms with Crippen molar-refractivity contribution in [3.05, 3.63) is 89.0 Å². The molecule has 3 aromatic carbocycles. The minimum atomic E-state index is -5.08. The normalized spacial score (nSPS) is 11.2. The zero-order chi connectivity index (χ0) is 30.1. The summed E-state index contributed by atoms with van der Waals surface area (Å²) in [7, 11) is -3.91. The highest BCUT2D eigenvalue weighted by Gasteiger charge is 2.38. The van der Waals surface area contributed by atoms with Crippen LogP contribution < -0.4 is 9.62 Å². The van der Waals surface area contributed by atoms with Gasteiger partial charge in [-0.15, -0.1) is 0 Å². The number of aliphatic carboxylic acids is 1. The van der Waals surface area contributed by atoms with Crippen LogP contribution in [0.15, 0.2) is 71.6 Å². The van der Waals surface area contributed by atoms with Crippen molar-refractivity contribution in [3.8, 4) is 0 Å². The Hall–Kier alpha value is -4.06. The number of unbranched alkanes of at least 4 members (excludes halogenated alkanes) is 1. The van der Waals surface area contributed by atoms with Gasteiger partial charge in [0, 0.05) is 13.1 Å². The average molecular weight is 581 g/mol. The molecule has 0 fully saturated rings. The van der Waals surface area contributed by atoms with Crippen LogP contribution in [0.25, 0.3) is 0 Å². The van der Waals surface area contributed by atoms with Gasteiger partial charge in [-0.05, 0) is 67.3 Å². The van der Waals surface area contributed by atoms with Crippen LogP contribution in [0.3, 0.4) is 0 Å². The lowest BCUT2D eigenvalue weighted by atomic mass is 10.1. The van der Waals surface area contributed by atoms with E-state index in [0.717, 1.165) is 29.5 Å². The summed E-state index contributed by atoms with van der Waals surface area (Å²) in [5.74, 6) is -3.87. The molecule has 0 radical (unpaired) electrons. The van der Waals surface area contributed by atoms with E-state index >= 15 is 0 Å². The Morgan fingerprint density at radius 3 is 2.08 bits per heavy atom. The number of benzene rings is 3. The molecule has 8 nitrogen and oxygen atoms in total. The quantitative estimate of drug-likeness (QED) is 0.259. The van der Waals surface area contributed by atoms with E-state index in [-0.39, 0.29) is 16.1 Å². The second-order valence-corrected chi connectivity index (χ2v) is 10.6. The summed E-state index contributed by atoms with van der Waals surface area (Å²) in [6, 6.07) is 19.4. The number of alkyl halides is 3. The molecule has 3 aromatic rings. The van der Waals surface area contributed by atoms with Gasteiger partial charge >= 0.3 is 18.1 Å². The minimum absolute atomic E-state index is 0.0201. The Morgan fingerprint density at radius 2 is 1.55 bits per heavy atom. The Bertz CT molecular complexity index is 1430. The SMILES string of the molecule is CCCCN(Cc1ccccc1)c1ccc(C(=O)O)cc1NS(=O)(=O)c1ccc(C)c(C)c1.O=C(O)C(F)(F)F. The molecule has 0 heterocycles. The van der Waals surface area contributed by atoms with Crippen molar-refractivity contribution in [2.75, 3.05) is 16.2 Å². The number of rotatable bonds is 10. The van der Waals surface area contributed by atoms with Crippen LogP contribution in [0, 0.1) is 13.8 Å². The summed E-state index contributed by atoms with van der Waals surface area (Å²) in [5, 5.41) is 16.6. The highest BCUT2D eigenvalue weighted by molar-refractivity contribution is 7.92.